The van der Waals surface area contributed by atoms with Crippen LogP contribution in [0.2, 0.25) is 0 Å². The first kappa shape index (κ1) is 11.6. The van der Waals surface area contributed by atoms with E-state index >= 15 is 0 Å². The molecule has 0 saturated heterocycles. The van der Waals surface area contributed by atoms with Gasteiger partial charge >= 0.3 is 5.97 Å². The number of halogens is 1. The van der Waals surface area contributed by atoms with E-state index in [9.17, 15) is 4.79 Å². The van der Waals surface area contributed by atoms with Gasteiger partial charge in [0, 0.05) is 9.17 Å². The Balaban J connectivity index is 2.71. The number of aryl methyl sites for hydroxylation is 1. The van der Waals surface area contributed by atoms with E-state index in [0.29, 0.717) is 0 Å². The van der Waals surface area contributed by atoms with Gasteiger partial charge in [0.05, 0.1) is 7.11 Å². The third-order valence-corrected chi connectivity index (χ3v) is 4.16. The molecule has 0 aliphatic heterocycles. The number of benzene rings is 1. The highest BCUT2D eigenvalue weighted by Crippen LogP contribution is 2.34. The lowest BCUT2D eigenvalue weighted by Gasteiger charge is -1.99. The number of esters is 1. The Labute approximate surface area is 106 Å². The molecule has 0 fully saturated rings. The van der Waals surface area contributed by atoms with Gasteiger partial charge in [0.1, 0.15) is 4.88 Å². The number of carbonyl (C=O) groups excluding carboxylic acids is 1. The molecule has 0 amide bonds. The Morgan fingerprint density at radius 3 is 2.88 bits per heavy atom. The lowest BCUT2D eigenvalue weighted by atomic mass is 10.1. The average Bonchev–Trinajstić information content (AvgIpc) is 2.65. The minimum atomic E-state index is -0.242. The molecule has 0 radical (unpaired) electrons. The Hall–Kier alpha value is -0.870. The Morgan fingerprint density at radius 1 is 1.50 bits per heavy atom. The molecule has 0 aliphatic carbocycles. The van der Waals surface area contributed by atoms with Crippen LogP contribution in [0.3, 0.4) is 0 Å². The van der Waals surface area contributed by atoms with Crippen molar-refractivity contribution in [3.05, 3.63) is 33.1 Å². The van der Waals surface area contributed by atoms with E-state index in [0.717, 1.165) is 31.4 Å². The fourth-order valence-electron chi connectivity index (χ4n) is 1.73. The predicted molar refractivity (Wildman–Crippen MR) is 70.2 cm³/mol. The van der Waals surface area contributed by atoms with E-state index in [1.54, 1.807) is 0 Å². The molecular formula is C12H11BrO2S. The largest absolute Gasteiger partial charge is 0.465 e. The van der Waals surface area contributed by atoms with Gasteiger partial charge in [0.2, 0.25) is 0 Å². The highest BCUT2D eigenvalue weighted by atomic mass is 79.9. The molecule has 84 valence electrons. The molecule has 0 N–H and O–H groups in total. The summed E-state index contributed by atoms with van der Waals surface area (Å²) in [4.78, 5) is 12.3. The number of hydrogen-bond acceptors (Lipinski definition) is 3. The predicted octanol–water partition coefficient (Wildman–Crippen LogP) is 4.01. The first-order chi connectivity index (χ1) is 7.67. The summed E-state index contributed by atoms with van der Waals surface area (Å²) in [5.74, 6) is -0.242. The van der Waals surface area contributed by atoms with Crippen LogP contribution in [0.5, 0.6) is 0 Å². The van der Waals surface area contributed by atoms with Crippen molar-refractivity contribution in [3.8, 4) is 0 Å². The van der Waals surface area contributed by atoms with E-state index < -0.39 is 0 Å². The zero-order chi connectivity index (χ0) is 11.7. The average molecular weight is 299 g/mol. The number of rotatable bonds is 2. The minimum absolute atomic E-state index is 0.242. The summed E-state index contributed by atoms with van der Waals surface area (Å²) in [5, 5.41) is 1.14. The van der Waals surface area contributed by atoms with Crippen LogP contribution in [0.15, 0.2) is 22.7 Å². The fourth-order valence-corrected chi connectivity index (χ4v) is 3.28. The van der Waals surface area contributed by atoms with Crippen molar-refractivity contribution < 1.29 is 9.53 Å². The first-order valence-electron chi connectivity index (χ1n) is 4.96. The topological polar surface area (TPSA) is 26.3 Å². The third kappa shape index (κ3) is 1.87. The van der Waals surface area contributed by atoms with E-state index in [1.807, 2.05) is 12.1 Å². The second-order valence-corrected chi connectivity index (χ2v) is 5.36. The number of fused-ring (bicyclic) bond motifs is 1. The maximum Gasteiger partial charge on any atom is 0.348 e. The molecule has 0 unspecified atom stereocenters. The zero-order valence-corrected chi connectivity index (χ0v) is 11.4. The summed E-state index contributed by atoms with van der Waals surface area (Å²) in [6.45, 7) is 2.05. The molecule has 0 saturated carbocycles. The van der Waals surface area contributed by atoms with Crippen LogP contribution in [-0.4, -0.2) is 13.1 Å². The monoisotopic (exact) mass is 298 g/mol. The number of hydrogen-bond donors (Lipinski definition) is 0. The van der Waals surface area contributed by atoms with Gasteiger partial charge in [-0.1, -0.05) is 22.9 Å². The van der Waals surface area contributed by atoms with Crippen molar-refractivity contribution in [3.63, 3.8) is 0 Å². The summed E-state index contributed by atoms with van der Waals surface area (Å²) >= 11 is 4.94. The maximum atomic E-state index is 11.6. The smallest absolute Gasteiger partial charge is 0.348 e. The second-order valence-electron chi connectivity index (χ2n) is 3.40. The number of carbonyl (C=O) groups is 1. The lowest BCUT2D eigenvalue weighted by Crippen LogP contribution is -2.01. The van der Waals surface area contributed by atoms with Crippen LogP contribution < -0.4 is 0 Å². The van der Waals surface area contributed by atoms with Gasteiger partial charge in [-0.3, -0.25) is 0 Å². The fraction of sp³-hybridized carbons (Fsp3) is 0.250. The van der Waals surface area contributed by atoms with Gasteiger partial charge in [0.25, 0.3) is 0 Å². The van der Waals surface area contributed by atoms with Gasteiger partial charge in [-0.05, 0) is 35.6 Å². The van der Waals surface area contributed by atoms with Crippen LogP contribution in [-0.2, 0) is 11.2 Å². The molecule has 1 heterocycles. The zero-order valence-electron chi connectivity index (χ0n) is 9.04. The number of ether oxygens (including phenoxy) is 1. The van der Waals surface area contributed by atoms with Crippen LogP contribution in [0.25, 0.3) is 10.1 Å². The summed E-state index contributed by atoms with van der Waals surface area (Å²) < 4.78 is 6.96. The quantitative estimate of drug-likeness (QED) is 0.783. The highest BCUT2D eigenvalue weighted by Gasteiger charge is 2.17. The molecule has 2 aromatic rings. The van der Waals surface area contributed by atoms with E-state index in [-0.39, 0.29) is 5.97 Å². The highest BCUT2D eigenvalue weighted by molar-refractivity contribution is 9.10. The Kier molecular flexibility index (Phi) is 3.30. The minimum Gasteiger partial charge on any atom is -0.465 e. The standard InChI is InChI=1S/C12H11BrO2S/c1-3-8-9-6-7(13)4-5-10(9)16-11(8)12(14)15-2/h4-6H,3H2,1-2H3. The maximum absolute atomic E-state index is 11.6. The van der Waals surface area contributed by atoms with Crippen LogP contribution in [0, 0.1) is 0 Å². The molecule has 2 rings (SSSR count). The van der Waals surface area contributed by atoms with Crippen molar-refractivity contribution in [2.75, 3.05) is 7.11 Å². The lowest BCUT2D eigenvalue weighted by molar-refractivity contribution is 0.0605. The molecule has 2 nitrogen and oxygen atoms in total. The van der Waals surface area contributed by atoms with Gasteiger partial charge in [-0.25, -0.2) is 4.79 Å². The van der Waals surface area contributed by atoms with Gasteiger partial charge in [-0.15, -0.1) is 11.3 Å². The summed E-state index contributed by atoms with van der Waals surface area (Å²) in [6.07, 6.45) is 0.834. The SMILES string of the molecule is CCc1c(C(=O)OC)sc2ccc(Br)cc12. The van der Waals surface area contributed by atoms with Crippen LogP contribution in [0.4, 0.5) is 0 Å². The van der Waals surface area contributed by atoms with Crippen LogP contribution in [0.1, 0.15) is 22.2 Å². The summed E-state index contributed by atoms with van der Waals surface area (Å²) in [5.41, 5.74) is 1.08. The van der Waals surface area contributed by atoms with E-state index in [2.05, 4.69) is 28.9 Å². The van der Waals surface area contributed by atoms with E-state index in [1.165, 1.54) is 18.4 Å². The Morgan fingerprint density at radius 2 is 2.25 bits per heavy atom. The van der Waals surface area contributed by atoms with Crippen molar-refractivity contribution in [1.29, 1.82) is 0 Å². The summed E-state index contributed by atoms with van der Waals surface area (Å²) in [6, 6.07) is 6.06. The number of thiophene rings is 1. The number of methoxy groups -OCH3 is 1. The first-order valence-corrected chi connectivity index (χ1v) is 6.57. The third-order valence-electron chi connectivity index (χ3n) is 2.48. The van der Waals surface area contributed by atoms with Crippen molar-refractivity contribution in [2.24, 2.45) is 0 Å². The molecule has 16 heavy (non-hydrogen) atoms. The molecule has 1 aromatic heterocycles. The molecule has 0 spiro atoms. The normalized spacial score (nSPS) is 10.7. The second kappa shape index (κ2) is 4.55. The van der Waals surface area contributed by atoms with E-state index in [4.69, 9.17) is 4.74 Å². The van der Waals surface area contributed by atoms with Gasteiger partial charge < -0.3 is 4.74 Å². The summed E-state index contributed by atoms with van der Waals surface area (Å²) in [7, 11) is 1.42. The molecular weight excluding hydrogens is 288 g/mol. The van der Waals surface area contributed by atoms with Crippen LogP contribution >= 0.6 is 27.3 Å². The molecule has 0 aliphatic rings. The Bertz CT molecular complexity index is 545. The molecule has 0 bridgehead atoms. The molecule has 0 atom stereocenters. The van der Waals surface area contributed by atoms with Crippen molar-refractivity contribution >= 4 is 43.3 Å². The van der Waals surface area contributed by atoms with Crippen molar-refractivity contribution in [2.45, 2.75) is 13.3 Å². The van der Waals surface area contributed by atoms with Gasteiger partial charge in [0.15, 0.2) is 0 Å². The molecule has 4 heteroatoms. The molecule has 1 aromatic carbocycles. The van der Waals surface area contributed by atoms with Crippen molar-refractivity contribution in [1.82, 2.24) is 0 Å². The van der Waals surface area contributed by atoms with Gasteiger partial charge in [-0.2, -0.15) is 0 Å².